The number of hydrogen-bond acceptors (Lipinski definition) is 7. The summed E-state index contributed by atoms with van der Waals surface area (Å²) in [5.74, 6) is -1.85. The molecular formula is C27H28N2O6. The number of aromatic nitrogens is 1. The summed E-state index contributed by atoms with van der Waals surface area (Å²) >= 11 is 0. The van der Waals surface area contributed by atoms with E-state index in [1.807, 2.05) is 72.8 Å². The average Bonchev–Trinajstić information content (AvgIpc) is 2.89. The maximum absolute atomic E-state index is 11.2. The van der Waals surface area contributed by atoms with Crippen molar-refractivity contribution in [2.75, 3.05) is 26.4 Å². The highest BCUT2D eigenvalue weighted by atomic mass is 16.7. The van der Waals surface area contributed by atoms with Crippen LogP contribution in [0.1, 0.15) is 23.7 Å². The fourth-order valence-electron chi connectivity index (χ4n) is 3.59. The molecule has 182 valence electrons. The van der Waals surface area contributed by atoms with Crippen molar-refractivity contribution in [3.8, 4) is 5.75 Å². The van der Waals surface area contributed by atoms with E-state index in [-0.39, 0.29) is 12.5 Å². The van der Waals surface area contributed by atoms with Gasteiger partial charge in [0, 0.05) is 24.6 Å². The Morgan fingerprint density at radius 1 is 1.03 bits per heavy atom. The lowest BCUT2D eigenvalue weighted by atomic mass is 9.99. The van der Waals surface area contributed by atoms with Crippen LogP contribution in [0.3, 0.4) is 0 Å². The van der Waals surface area contributed by atoms with Crippen LogP contribution in [0.5, 0.6) is 5.75 Å². The molecule has 1 N–H and O–H groups in total. The van der Waals surface area contributed by atoms with Crippen molar-refractivity contribution in [1.29, 1.82) is 0 Å². The largest absolute Gasteiger partial charge is 0.490 e. The molecule has 0 amide bonds. The molecule has 0 unspecified atom stereocenters. The molecule has 0 atom stereocenters. The maximum Gasteiger partial charge on any atom is 0.364 e. The van der Waals surface area contributed by atoms with Crippen LogP contribution in [0.25, 0.3) is 0 Å². The van der Waals surface area contributed by atoms with Crippen molar-refractivity contribution >= 4 is 11.7 Å². The lowest BCUT2D eigenvalue weighted by molar-refractivity contribution is -0.270. The first-order valence-electron chi connectivity index (χ1n) is 11.4. The predicted molar refractivity (Wildman–Crippen MR) is 129 cm³/mol. The highest BCUT2D eigenvalue weighted by molar-refractivity contribution is 6.11. The Morgan fingerprint density at radius 3 is 2.40 bits per heavy atom. The van der Waals surface area contributed by atoms with Gasteiger partial charge in [0.2, 0.25) is 0 Å². The van der Waals surface area contributed by atoms with Crippen molar-refractivity contribution < 1.29 is 28.9 Å². The summed E-state index contributed by atoms with van der Waals surface area (Å²) in [6.07, 6.45) is 2.45. The second-order valence-corrected chi connectivity index (χ2v) is 8.29. The molecule has 8 heteroatoms. The zero-order valence-electron chi connectivity index (χ0n) is 19.5. The molecule has 1 aliphatic heterocycles. The Hall–Kier alpha value is -3.75. The van der Waals surface area contributed by atoms with Crippen molar-refractivity contribution in [1.82, 2.24) is 4.98 Å². The van der Waals surface area contributed by atoms with Crippen molar-refractivity contribution in [2.24, 2.45) is 11.1 Å². The van der Waals surface area contributed by atoms with Crippen LogP contribution in [0.15, 0.2) is 84.1 Å². The number of oxime groups is 1. The quantitative estimate of drug-likeness (QED) is 0.269. The molecule has 0 aliphatic carbocycles. The Balaban J connectivity index is 1.24. The predicted octanol–water partition coefficient (Wildman–Crippen LogP) is 3.94. The molecule has 0 spiro atoms. The molecule has 1 aromatic heterocycles. The standard InChI is InChI=1S/C27H28N2O6/c1-27(26(30)31)33-18-21(19-34-27)17-20-10-12-23(13-11-20)32-15-16-35-29-25(22-7-3-2-4-8-22)24-9-5-6-14-28-24/h2-14,21H,15-19H2,1H3,(H,30,31)/b29-25-/t21-,27-. The van der Waals surface area contributed by atoms with Gasteiger partial charge in [-0.05, 0) is 36.2 Å². The minimum Gasteiger partial charge on any atom is -0.490 e. The van der Waals surface area contributed by atoms with Gasteiger partial charge in [-0.3, -0.25) is 4.98 Å². The SMILES string of the molecule is C[C@]1(C(=O)O)OC[C@H](Cc2ccc(OCCO/N=C(/c3ccccc3)c3ccccn3)cc2)CO1. The normalized spacial score (nSPS) is 20.3. The van der Waals surface area contributed by atoms with Gasteiger partial charge in [0.05, 0.1) is 18.9 Å². The number of carboxylic acids is 1. The third kappa shape index (κ3) is 6.65. The summed E-state index contributed by atoms with van der Waals surface area (Å²) in [5.41, 5.74) is 3.41. The molecule has 8 nitrogen and oxygen atoms in total. The molecule has 3 aromatic rings. The third-order valence-electron chi connectivity index (χ3n) is 5.58. The van der Waals surface area contributed by atoms with Crippen molar-refractivity contribution in [3.05, 3.63) is 95.8 Å². The van der Waals surface area contributed by atoms with Crippen molar-refractivity contribution in [3.63, 3.8) is 0 Å². The molecule has 0 radical (unpaired) electrons. The molecule has 2 heterocycles. The van der Waals surface area contributed by atoms with Crippen LogP contribution >= 0.6 is 0 Å². The number of pyridine rings is 1. The first kappa shape index (κ1) is 24.4. The van der Waals surface area contributed by atoms with Gasteiger partial charge in [-0.15, -0.1) is 0 Å². The molecule has 0 bridgehead atoms. The molecule has 1 saturated heterocycles. The molecule has 0 saturated carbocycles. The zero-order valence-corrected chi connectivity index (χ0v) is 19.5. The van der Waals surface area contributed by atoms with Crippen LogP contribution in [0.2, 0.25) is 0 Å². The van der Waals surface area contributed by atoms with E-state index in [1.165, 1.54) is 6.92 Å². The fourth-order valence-corrected chi connectivity index (χ4v) is 3.59. The number of benzene rings is 2. The highest BCUT2D eigenvalue weighted by Crippen LogP contribution is 2.24. The van der Waals surface area contributed by atoms with Crippen LogP contribution in [-0.4, -0.2) is 54.0 Å². The van der Waals surface area contributed by atoms with E-state index >= 15 is 0 Å². The lowest BCUT2D eigenvalue weighted by Crippen LogP contribution is -2.48. The van der Waals surface area contributed by atoms with E-state index in [1.54, 1.807) is 6.20 Å². The Labute approximate surface area is 204 Å². The second-order valence-electron chi connectivity index (χ2n) is 8.29. The van der Waals surface area contributed by atoms with E-state index in [0.717, 1.165) is 29.0 Å². The number of hydrogen-bond donors (Lipinski definition) is 1. The minimum atomic E-state index is -1.56. The minimum absolute atomic E-state index is 0.0957. The number of aliphatic carboxylic acids is 1. The molecule has 2 aromatic carbocycles. The number of carboxylic acid groups (broad SMARTS) is 1. The first-order chi connectivity index (χ1) is 17.0. The van der Waals surface area contributed by atoms with E-state index in [0.29, 0.717) is 25.5 Å². The van der Waals surface area contributed by atoms with Crippen molar-refractivity contribution in [2.45, 2.75) is 19.1 Å². The van der Waals surface area contributed by atoms with Gasteiger partial charge in [0.15, 0.2) is 6.61 Å². The molecule has 1 aliphatic rings. The summed E-state index contributed by atoms with van der Waals surface area (Å²) in [6.45, 7) is 2.72. The highest BCUT2D eigenvalue weighted by Gasteiger charge is 2.40. The Bertz CT molecular complexity index is 1070. The Morgan fingerprint density at radius 2 is 1.74 bits per heavy atom. The molecular weight excluding hydrogens is 448 g/mol. The summed E-state index contributed by atoms with van der Waals surface area (Å²) in [6, 6.07) is 23.2. The molecule has 1 fully saturated rings. The van der Waals surface area contributed by atoms with Gasteiger partial charge in [0.25, 0.3) is 5.79 Å². The first-order valence-corrected chi connectivity index (χ1v) is 11.4. The van der Waals surface area contributed by atoms with Gasteiger partial charge in [-0.2, -0.15) is 0 Å². The topological polar surface area (TPSA) is 99.5 Å². The number of nitrogens with zero attached hydrogens (tertiary/aromatic N) is 2. The monoisotopic (exact) mass is 476 g/mol. The maximum atomic E-state index is 11.2. The van der Waals surface area contributed by atoms with Crippen LogP contribution < -0.4 is 4.74 Å². The van der Waals surface area contributed by atoms with Crippen LogP contribution in [-0.2, 0) is 25.5 Å². The van der Waals surface area contributed by atoms with Gasteiger partial charge < -0.3 is 24.2 Å². The average molecular weight is 477 g/mol. The van der Waals surface area contributed by atoms with Gasteiger partial charge in [-0.25, -0.2) is 4.79 Å². The number of carbonyl (C=O) groups is 1. The molecule has 35 heavy (non-hydrogen) atoms. The van der Waals surface area contributed by atoms with E-state index in [4.69, 9.17) is 24.2 Å². The fraction of sp³-hybridized carbons (Fsp3) is 0.296. The summed E-state index contributed by atoms with van der Waals surface area (Å²) < 4.78 is 16.6. The zero-order chi connectivity index (χ0) is 24.5. The van der Waals surface area contributed by atoms with E-state index in [2.05, 4.69) is 10.1 Å². The summed E-state index contributed by atoms with van der Waals surface area (Å²) in [7, 11) is 0. The van der Waals surface area contributed by atoms with Gasteiger partial charge in [-0.1, -0.05) is 53.7 Å². The lowest BCUT2D eigenvalue weighted by Gasteiger charge is -2.34. The molecule has 4 rings (SSSR count). The second kappa shape index (κ2) is 11.6. The number of rotatable bonds is 10. The van der Waals surface area contributed by atoms with Gasteiger partial charge in [0.1, 0.15) is 18.1 Å². The third-order valence-corrected chi connectivity index (χ3v) is 5.58. The van der Waals surface area contributed by atoms with E-state index in [9.17, 15) is 4.79 Å². The smallest absolute Gasteiger partial charge is 0.364 e. The Kier molecular flexibility index (Phi) is 8.07. The van der Waals surface area contributed by atoms with Crippen LogP contribution in [0.4, 0.5) is 0 Å². The van der Waals surface area contributed by atoms with Gasteiger partial charge >= 0.3 is 5.97 Å². The summed E-state index contributed by atoms with van der Waals surface area (Å²) in [5, 5.41) is 13.5. The van der Waals surface area contributed by atoms with Crippen LogP contribution in [0, 0.1) is 5.92 Å². The van der Waals surface area contributed by atoms with E-state index < -0.39 is 11.8 Å². The summed E-state index contributed by atoms with van der Waals surface area (Å²) in [4.78, 5) is 21.1. The number of ether oxygens (including phenoxy) is 3.